The van der Waals surface area contributed by atoms with Crippen molar-refractivity contribution < 1.29 is 18.5 Å². The molecule has 2 rings (SSSR count). The van der Waals surface area contributed by atoms with Gasteiger partial charge in [-0.1, -0.05) is 0 Å². The second-order valence-corrected chi connectivity index (χ2v) is 5.36. The topological polar surface area (TPSA) is 40.8 Å². The minimum atomic E-state index is -0.356. The molecule has 0 bridgehead atoms. The number of hydrogen-bond acceptors (Lipinski definition) is 4. The summed E-state index contributed by atoms with van der Waals surface area (Å²) < 4.78 is 22.4. The van der Waals surface area contributed by atoms with Crippen molar-refractivity contribution in [3.8, 4) is 5.95 Å². The van der Waals surface area contributed by atoms with Crippen molar-refractivity contribution in [3.05, 3.63) is 17.9 Å². The van der Waals surface area contributed by atoms with Crippen molar-refractivity contribution >= 4 is 7.12 Å². The SMILES string of the molecule is Cc1ccc(OCB2OC(C)(C)C(C)(C)O2)o1. The fourth-order valence-electron chi connectivity index (χ4n) is 1.67. The van der Waals surface area contributed by atoms with E-state index in [0.29, 0.717) is 12.5 Å². The van der Waals surface area contributed by atoms with Crippen molar-refractivity contribution in [1.29, 1.82) is 0 Å². The van der Waals surface area contributed by atoms with Crippen LogP contribution in [0.15, 0.2) is 16.5 Å². The fourth-order valence-corrected chi connectivity index (χ4v) is 1.67. The van der Waals surface area contributed by atoms with Crippen LogP contribution in [-0.4, -0.2) is 24.8 Å². The van der Waals surface area contributed by atoms with Gasteiger partial charge in [-0.25, -0.2) is 0 Å². The highest BCUT2D eigenvalue weighted by atomic mass is 16.7. The van der Waals surface area contributed by atoms with Gasteiger partial charge in [-0.2, -0.15) is 0 Å². The van der Waals surface area contributed by atoms with E-state index >= 15 is 0 Å². The van der Waals surface area contributed by atoms with Crippen molar-refractivity contribution in [2.24, 2.45) is 0 Å². The molecule has 0 amide bonds. The van der Waals surface area contributed by atoms with Gasteiger partial charge < -0.3 is 18.5 Å². The molecule has 17 heavy (non-hydrogen) atoms. The maximum atomic E-state index is 5.80. The van der Waals surface area contributed by atoms with E-state index in [9.17, 15) is 0 Å². The maximum Gasteiger partial charge on any atom is 0.498 e. The second kappa shape index (κ2) is 4.07. The van der Waals surface area contributed by atoms with E-state index in [2.05, 4.69) is 0 Å². The lowest BCUT2D eigenvalue weighted by Gasteiger charge is -2.32. The number of furan rings is 1. The summed E-state index contributed by atoms with van der Waals surface area (Å²) >= 11 is 0. The first-order chi connectivity index (χ1) is 7.80. The average molecular weight is 238 g/mol. The molecule has 0 atom stereocenters. The van der Waals surface area contributed by atoms with E-state index in [1.54, 1.807) is 6.07 Å². The lowest BCUT2D eigenvalue weighted by atomic mass is 9.90. The molecular weight excluding hydrogens is 219 g/mol. The Morgan fingerprint density at radius 3 is 2.18 bits per heavy atom. The fraction of sp³-hybridized carbons (Fsp3) is 0.667. The zero-order valence-electron chi connectivity index (χ0n) is 11.1. The van der Waals surface area contributed by atoms with E-state index in [1.165, 1.54) is 0 Å². The van der Waals surface area contributed by atoms with Gasteiger partial charge in [0.15, 0.2) is 0 Å². The quantitative estimate of drug-likeness (QED) is 0.759. The van der Waals surface area contributed by atoms with Crippen molar-refractivity contribution in [3.63, 3.8) is 0 Å². The molecule has 0 aliphatic carbocycles. The summed E-state index contributed by atoms with van der Waals surface area (Å²) in [6.45, 7) is 10.3. The molecule has 0 N–H and O–H groups in total. The van der Waals surface area contributed by atoms with Crippen molar-refractivity contribution in [2.75, 3.05) is 6.51 Å². The summed E-state index contributed by atoms with van der Waals surface area (Å²) in [5, 5.41) is 0. The minimum absolute atomic E-state index is 0.319. The van der Waals surface area contributed by atoms with Crippen LogP contribution in [0, 0.1) is 6.92 Å². The Morgan fingerprint density at radius 2 is 1.71 bits per heavy atom. The Morgan fingerprint density at radius 1 is 1.12 bits per heavy atom. The van der Waals surface area contributed by atoms with Gasteiger partial charge in [0.05, 0.1) is 11.2 Å². The molecule has 1 aliphatic heterocycles. The van der Waals surface area contributed by atoms with Gasteiger partial charge in [0.25, 0.3) is 5.95 Å². The number of rotatable bonds is 3. The van der Waals surface area contributed by atoms with E-state index < -0.39 is 0 Å². The monoisotopic (exact) mass is 238 g/mol. The Kier molecular flexibility index (Phi) is 3.00. The van der Waals surface area contributed by atoms with Gasteiger partial charge in [0.1, 0.15) is 12.3 Å². The first-order valence-corrected chi connectivity index (χ1v) is 5.85. The zero-order chi connectivity index (χ0) is 12.7. The molecule has 0 radical (unpaired) electrons. The summed E-state index contributed by atoms with van der Waals surface area (Å²) in [6, 6.07) is 3.65. The van der Waals surface area contributed by atoms with Crippen LogP contribution in [0.3, 0.4) is 0 Å². The van der Waals surface area contributed by atoms with Crippen molar-refractivity contribution in [2.45, 2.75) is 45.8 Å². The van der Waals surface area contributed by atoms with Crippen LogP contribution in [0.2, 0.25) is 0 Å². The molecule has 0 saturated carbocycles. The Balaban J connectivity index is 1.90. The van der Waals surface area contributed by atoms with Gasteiger partial charge >= 0.3 is 7.12 Å². The predicted molar refractivity (Wildman–Crippen MR) is 65.0 cm³/mol. The standard InChI is InChI=1S/C12H19BO4/c1-9-6-7-10(15-9)14-8-13-16-11(2,3)12(4,5)17-13/h6-7H,8H2,1-5H3. The molecule has 1 saturated heterocycles. The molecule has 1 fully saturated rings. The maximum absolute atomic E-state index is 5.80. The lowest BCUT2D eigenvalue weighted by molar-refractivity contribution is 0.00578. The Hall–Kier alpha value is -0.935. The number of aryl methyl sites for hydroxylation is 1. The number of hydrogen-bond donors (Lipinski definition) is 0. The third-order valence-corrected chi connectivity index (χ3v) is 3.38. The molecular formula is C12H19BO4. The largest absolute Gasteiger partial charge is 0.498 e. The highest BCUT2D eigenvalue weighted by Gasteiger charge is 2.51. The summed E-state index contributed by atoms with van der Waals surface area (Å²) in [4.78, 5) is 0. The van der Waals surface area contributed by atoms with Gasteiger partial charge in [-0.15, -0.1) is 0 Å². The normalized spacial score (nSPS) is 21.8. The molecule has 4 nitrogen and oxygen atoms in total. The Bertz CT molecular complexity index is 381. The highest BCUT2D eigenvalue weighted by Crippen LogP contribution is 2.36. The van der Waals surface area contributed by atoms with E-state index in [4.69, 9.17) is 18.5 Å². The zero-order valence-corrected chi connectivity index (χ0v) is 11.1. The third kappa shape index (κ3) is 2.50. The predicted octanol–water partition coefficient (Wildman–Crippen LogP) is 2.60. The van der Waals surface area contributed by atoms with E-state index in [1.807, 2.05) is 40.7 Å². The summed E-state index contributed by atoms with van der Waals surface area (Å²) in [5.41, 5.74) is -0.639. The average Bonchev–Trinajstić information content (AvgIpc) is 2.67. The van der Waals surface area contributed by atoms with Crippen LogP contribution in [0.4, 0.5) is 0 Å². The van der Waals surface area contributed by atoms with E-state index in [-0.39, 0.29) is 18.3 Å². The van der Waals surface area contributed by atoms with Crippen LogP contribution >= 0.6 is 0 Å². The van der Waals surface area contributed by atoms with Gasteiger partial charge in [-0.05, 0) is 40.7 Å². The molecule has 2 heterocycles. The van der Waals surface area contributed by atoms with Crippen LogP contribution in [0.5, 0.6) is 5.95 Å². The smallest absolute Gasteiger partial charge is 0.468 e. The van der Waals surface area contributed by atoms with Crippen LogP contribution < -0.4 is 4.74 Å². The first-order valence-electron chi connectivity index (χ1n) is 5.85. The molecule has 5 heteroatoms. The minimum Gasteiger partial charge on any atom is -0.468 e. The highest BCUT2D eigenvalue weighted by molar-refractivity contribution is 6.45. The number of ether oxygens (including phenoxy) is 1. The molecule has 1 aromatic rings. The van der Waals surface area contributed by atoms with Crippen molar-refractivity contribution in [1.82, 2.24) is 0 Å². The summed E-state index contributed by atoms with van der Waals surface area (Å²) in [5.74, 6) is 1.33. The van der Waals surface area contributed by atoms with Gasteiger partial charge in [-0.3, -0.25) is 0 Å². The molecule has 94 valence electrons. The molecule has 0 spiro atoms. The second-order valence-electron chi connectivity index (χ2n) is 5.36. The van der Waals surface area contributed by atoms with E-state index in [0.717, 1.165) is 5.76 Å². The molecule has 0 aromatic carbocycles. The van der Waals surface area contributed by atoms with Gasteiger partial charge in [0, 0.05) is 6.07 Å². The molecule has 0 unspecified atom stereocenters. The van der Waals surface area contributed by atoms with Gasteiger partial charge in [0.2, 0.25) is 0 Å². The molecule has 1 aliphatic rings. The van der Waals surface area contributed by atoms with Crippen LogP contribution in [0.1, 0.15) is 33.5 Å². The first kappa shape index (κ1) is 12.5. The molecule has 1 aromatic heterocycles. The summed E-state index contributed by atoms with van der Waals surface area (Å²) in [7, 11) is -0.356. The lowest BCUT2D eigenvalue weighted by Crippen LogP contribution is -2.41. The van der Waals surface area contributed by atoms with Crippen LogP contribution in [-0.2, 0) is 9.31 Å². The third-order valence-electron chi connectivity index (χ3n) is 3.38. The summed E-state index contributed by atoms with van der Waals surface area (Å²) in [6.07, 6.45) is 0. The Labute approximate surface area is 102 Å². The van der Waals surface area contributed by atoms with Crippen LogP contribution in [0.25, 0.3) is 0 Å².